The highest BCUT2D eigenvalue weighted by atomic mass is 16.5. The molecule has 0 unspecified atom stereocenters. The second-order valence-corrected chi connectivity index (χ2v) is 4.15. The smallest absolute Gasteiger partial charge is 0.305 e. The molecule has 1 aromatic carbocycles. The first-order valence-corrected chi connectivity index (χ1v) is 6.13. The van der Waals surface area contributed by atoms with Crippen LogP contribution in [0.2, 0.25) is 0 Å². The molecule has 19 heavy (non-hydrogen) atoms. The van der Waals surface area contributed by atoms with Crippen LogP contribution in [0.15, 0.2) is 24.3 Å². The number of rotatable bonds is 7. The van der Waals surface area contributed by atoms with Crippen LogP contribution >= 0.6 is 0 Å². The Morgan fingerprint density at radius 1 is 1.32 bits per heavy atom. The van der Waals surface area contributed by atoms with E-state index in [0.717, 1.165) is 11.3 Å². The first kappa shape index (κ1) is 15.2. The molecule has 0 saturated carbocycles. The van der Waals surface area contributed by atoms with Gasteiger partial charge in [-0.05, 0) is 31.0 Å². The molecule has 1 aromatic rings. The van der Waals surface area contributed by atoms with E-state index in [1.807, 2.05) is 31.2 Å². The van der Waals surface area contributed by atoms with Gasteiger partial charge in [-0.3, -0.25) is 9.59 Å². The molecule has 1 N–H and O–H groups in total. The Kier molecular flexibility index (Phi) is 6.60. The van der Waals surface area contributed by atoms with Gasteiger partial charge in [0.1, 0.15) is 6.61 Å². The molecule has 104 valence electrons. The van der Waals surface area contributed by atoms with Crippen LogP contribution in [0.5, 0.6) is 0 Å². The van der Waals surface area contributed by atoms with Crippen LogP contribution in [0.3, 0.4) is 0 Å². The summed E-state index contributed by atoms with van der Waals surface area (Å²) >= 11 is 0. The molecule has 1 amide bonds. The quantitative estimate of drug-likeness (QED) is 0.604. The SMILES string of the molecule is COC(=O)CCCOCC(=O)Nc1cccc(C)c1. The number of aryl methyl sites for hydroxylation is 1. The number of carbonyl (C=O) groups is 2. The molecule has 0 heterocycles. The van der Waals surface area contributed by atoms with E-state index in [0.29, 0.717) is 19.4 Å². The molecule has 0 atom stereocenters. The van der Waals surface area contributed by atoms with Gasteiger partial charge < -0.3 is 14.8 Å². The van der Waals surface area contributed by atoms with Gasteiger partial charge >= 0.3 is 5.97 Å². The monoisotopic (exact) mass is 265 g/mol. The number of hydrogen-bond donors (Lipinski definition) is 1. The Bertz CT molecular complexity index is 431. The third-order valence-corrected chi connectivity index (χ3v) is 2.43. The van der Waals surface area contributed by atoms with Crippen LogP contribution in [0.1, 0.15) is 18.4 Å². The number of ether oxygens (including phenoxy) is 2. The van der Waals surface area contributed by atoms with Crippen LogP contribution in [0.25, 0.3) is 0 Å². The van der Waals surface area contributed by atoms with Gasteiger partial charge in [-0.25, -0.2) is 0 Å². The number of anilines is 1. The van der Waals surface area contributed by atoms with Gasteiger partial charge in [0.2, 0.25) is 5.91 Å². The van der Waals surface area contributed by atoms with Crippen molar-refractivity contribution in [1.29, 1.82) is 0 Å². The molecule has 0 aliphatic rings. The number of esters is 1. The van der Waals surface area contributed by atoms with E-state index in [1.165, 1.54) is 7.11 Å². The molecule has 0 bridgehead atoms. The van der Waals surface area contributed by atoms with Crippen LogP contribution in [0, 0.1) is 6.92 Å². The molecule has 0 aliphatic carbocycles. The van der Waals surface area contributed by atoms with Crippen molar-refractivity contribution in [3.8, 4) is 0 Å². The lowest BCUT2D eigenvalue weighted by Gasteiger charge is -2.06. The first-order valence-electron chi connectivity index (χ1n) is 6.13. The maximum atomic E-state index is 11.5. The normalized spacial score (nSPS) is 10.0. The molecule has 1 rings (SSSR count). The van der Waals surface area contributed by atoms with Crippen LogP contribution in [-0.4, -0.2) is 32.2 Å². The topological polar surface area (TPSA) is 64.6 Å². The summed E-state index contributed by atoms with van der Waals surface area (Å²) < 4.78 is 9.67. The second-order valence-electron chi connectivity index (χ2n) is 4.15. The van der Waals surface area contributed by atoms with Crippen molar-refractivity contribution >= 4 is 17.6 Å². The molecule has 0 saturated heterocycles. The largest absolute Gasteiger partial charge is 0.469 e. The summed E-state index contributed by atoms with van der Waals surface area (Å²) in [6, 6.07) is 7.54. The van der Waals surface area contributed by atoms with Crippen LogP contribution in [0.4, 0.5) is 5.69 Å². The Morgan fingerprint density at radius 2 is 2.11 bits per heavy atom. The zero-order valence-corrected chi connectivity index (χ0v) is 11.3. The number of nitrogens with one attached hydrogen (secondary N) is 1. The molecule has 0 aromatic heterocycles. The Hall–Kier alpha value is -1.88. The van der Waals surface area contributed by atoms with Crippen LogP contribution < -0.4 is 5.32 Å². The predicted molar refractivity (Wildman–Crippen MR) is 71.9 cm³/mol. The average Bonchev–Trinajstić information content (AvgIpc) is 2.38. The Balaban J connectivity index is 2.16. The van der Waals surface area contributed by atoms with Crippen molar-refractivity contribution in [3.05, 3.63) is 29.8 Å². The molecular formula is C14H19NO4. The third kappa shape index (κ3) is 6.57. The van der Waals surface area contributed by atoms with Crippen molar-refractivity contribution in [3.63, 3.8) is 0 Å². The average molecular weight is 265 g/mol. The lowest BCUT2D eigenvalue weighted by atomic mass is 10.2. The zero-order valence-electron chi connectivity index (χ0n) is 11.3. The van der Waals surface area contributed by atoms with E-state index in [-0.39, 0.29) is 18.5 Å². The second kappa shape index (κ2) is 8.26. The van der Waals surface area contributed by atoms with Gasteiger partial charge in [0.15, 0.2) is 0 Å². The minimum absolute atomic E-state index is 0.0187. The molecule has 5 nitrogen and oxygen atoms in total. The molecule has 0 aliphatic heterocycles. The summed E-state index contributed by atoms with van der Waals surface area (Å²) in [5.74, 6) is -0.475. The zero-order chi connectivity index (χ0) is 14.1. The van der Waals surface area contributed by atoms with Gasteiger partial charge in [-0.2, -0.15) is 0 Å². The Labute approximate surface area is 112 Å². The number of hydrogen-bond acceptors (Lipinski definition) is 4. The van der Waals surface area contributed by atoms with Gasteiger partial charge in [-0.1, -0.05) is 12.1 Å². The summed E-state index contributed by atoms with van der Waals surface area (Å²) in [7, 11) is 1.35. The first-order chi connectivity index (χ1) is 9.11. The predicted octanol–water partition coefficient (Wildman–Crippen LogP) is 1.90. The molecular weight excluding hydrogens is 246 g/mol. The minimum Gasteiger partial charge on any atom is -0.469 e. The maximum absolute atomic E-state index is 11.5. The van der Waals surface area contributed by atoms with Crippen molar-refractivity contribution < 1.29 is 19.1 Å². The summed E-state index contributed by atoms with van der Waals surface area (Å²) in [6.45, 7) is 2.30. The minimum atomic E-state index is -0.271. The maximum Gasteiger partial charge on any atom is 0.305 e. The molecule has 0 radical (unpaired) electrons. The summed E-state index contributed by atoms with van der Waals surface area (Å²) in [4.78, 5) is 22.4. The Morgan fingerprint density at radius 3 is 2.79 bits per heavy atom. The van der Waals surface area contributed by atoms with E-state index < -0.39 is 0 Å². The standard InChI is InChI=1S/C14H19NO4/c1-11-5-3-6-12(9-11)15-13(16)10-19-8-4-7-14(17)18-2/h3,5-6,9H,4,7-8,10H2,1-2H3,(H,15,16). The lowest BCUT2D eigenvalue weighted by molar-refractivity contribution is -0.140. The van der Waals surface area contributed by atoms with Crippen molar-refractivity contribution in [1.82, 2.24) is 0 Å². The van der Waals surface area contributed by atoms with E-state index in [2.05, 4.69) is 10.1 Å². The summed E-state index contributed by atoms with van der Waals surface area (Å²) in [6.07, 6.45) is 0.848. The number of amides is 1. The number of carbonyl (C=O) groups excluding carboxylic acids is 2. The van der Waals surface area contributed by atoms with E-state index in [4.69, 9.17) is 4.74 Å². The van der Waals surface area contributed by atoms with Gasteiger partial charge in [0, 0.05) is 18.7 Å². The number of methoxy groups -OCH3 is 1. The third-order valence-electron chi connectivity index (χ3n) is 2.43. The highest BCUT2D eigenvalue weighted by Crippen LogP contribution is 2.09. The molecule has 0 spiro atoms. The highest BCUT2D eigenvalue weighted by molar-refractivity contribution is 5.91. The van der Waals surface area contributed by atoms with Crippen molar-refractivity contribution in [2.75, 3.05) is 25.6 Å². The van der Waals surface area contributed by atoms with Gasteiger partial charge in [0.05, 0.1) is 7.11 Å². The van der Waals surface area contributed by atoms with Crippen molar-refractivity contribution in [2.24, 2.45) is 0 Å². The fourth-order valence-electron chi connectivity index (χ4n) is 1.51. The fraction of sp³-hybridized carbons (Fsp3) is 0.429. The van der Waals surface area contributed by atoms with Gasteiger partial charge in [0.25, 0.3) is 0 Å². The molecule has 5 heteroatoms. The van der Waals surface area contributed by atoms with E-state index in [9.17, 15) is 9.59 Å². The van der Waals surface area contributed by atoms with Gasteiger partial charge in [-0.15, -0.1) is 0 Å². The summed E-state index contributed by atoms with van der Waals surface area (Å²) in [5.41, 5.74) is 1.83. The summed E-state index contributed by atoms with van der Waals surface area (Å²) in [5, 5.41) is 2.74. The highest BCUT2D eigenvalue weighted by Gasteiger charge is 2.04. The molecule has 0 fully saturated rings. The van der Waals surface area contributed by atoms with Crippen LogP contribution in [-0.2, 0) is 19.1 Å². The number of benzene rings is 1. The lowest BCUT2D eigenvalue weighted by Crippen LogP contribution is -2.18. The van der Waals surface area contributed by atoms with E-state index >= 15 is 0 Å². The van der Waals surface area contributed by atoms with Crippen molar-refractivity contribution in [2.45, 2.75) is 19.8 Å². The fourth-order valence-corrected chi connectivity index (χ4v) is 1.51. The van der Waals surface area contributed by atoms with E-state index in [1.54, 1.807) is 0 Å².